The molecule has 0 spiro atoms. The van der Waals surface area contributed by atoms with Crippen LogP contribution in [0.5, 0.6) is 0 Å². The molecule has 2 unspecified atom stereocenters. The molecule has 0 aromatic carbocycles. The van der Waals surface area contributed by atoms with Crippen molar-refractivity contribution in [1.82, 2.24) is 5.32 Å². The summed E-state index contributed by atoms with van der Waals surface area (Å²) in [6.07, 6.45) is 64.4. The SMILES string of the molecule is CCCCCCCC/C=C\CCCCCCCC(=O)OCCCCCCCC/C=C\CCCCCCCCCC(=O)NC(CO)C(O)/C=C/CCCCCCCCCCCCCC. The summed E-state index contributed by atoms with van der Waals surface area (Å²) in [5.41, 5.74) is 0. The van der Waals surface area contributed by atoms with Crippen molar-refractivity contribution < 1.29 is 24.5 Å². The van der Waals surface area contributed by atoms with Gasteiger partial charge in [0.1, 0.15) is 0 Å². The molecule has 2 atom stereocenters. The van der Waals surface area contributed by atoms with Gasteiger partial charge in [0, 0.05) is 12.8 Å². The van der Waals surface area contributed by atoms with Gasteiger partial charge >= 0.3 is 5.97 Å². The van der Waals surface area contributed by atoms with E-state index in [0.29, 0.717) is 19.4 Å². The summed E-state index contributed by atoms with van der Waals surface area (Å²) in [6, 6.07) is -0.637. The predicted molar refractivity (Wildman–Crippen MR) is 273 cm³/mol. The molecule has 0 fully saturated rings. The number of unbranched alkanes of at least 4 members (excludes halogenated alkanes) is 36. The van der Waals surface area contributed by atoms with E-state index in [-0.39, 0.29) is 18.5 Å². The van der Waals surface area contributed by atoms with Gasteiger partial charge in [-0.05, 0) is 83.5 Å². The van der Waals surface area contributed by atoms with Gasteiger partial charge in [-0.1, -0.05) is 230 Å². The van der Waals surface area contributed by atoms with Crippen molar-refractivity contribution in [3.63, 3.8) is 0 Å². The van der Waals surface area contributed by atoms with Crippen LogP contribution in [0.25, 0.3) is 0 Å². The van der Waals surface area contributed by atoms with Crippen LogP contribution in [0.1, 0.15) is 290 Å². The maximum atomic E-state index is 12.4. The minimum absolute atomic E-state index is 0.0111. The number of aliphatic hydroxyl groups is 2. The van der Waals surface area contributed by atoms with E-state index in [1.807, 2.05) is 6.08 Å². The molecule has 0 aliphatic rings. The van der Waals surface area contributed by atoms with Gasteiger partial charge in [-0.3, -0.25) is 9.59 Å². The smallest absolute Gasteiger partial charge is 0.305 e. The van der Waals surface area contributed by atoms with E-state index in [1.54, 1.807) is 6.08 Å². The number of amides is 1. The number of aliphatic hydroxyl groups excluding tert-OH is 2. The Balaban J connectivity index is 3.49. The van der Waals surface area contributed by atoms with Crippen molar-refractivity contribution in [1.29, 1.82) is 0 Å². The first-order valence-corrected chi connectivity index (χ1v) is 27.8. The Hall–Kier alpha value is -1.92. The Kier molecular flexibility index (Phi) is 51.1. The minimum Gasteiger partial charge on any atom is -0.466 e. The molecular formula is C57H107NO5. The van der Waals surface area contributed by atoms with E-state index in [4.69, 9.17) is 4.74 Å². The molecular weight excluding hydrogens is 779 g/mol. The van der Waals surface area contributed by atoms with Gasteiger partial charge in [-0.15, -0.1) is 0 Å². The van der Waals surface area contributed by atoms with Crippen molar-refractivity contribution in [3.05, 3.63) is 36.5 Å². The molecule has 3 N–H and O–H groups in total. The number of carbonyl (C=O) groups excluding carboxylic acids is 2. The van der Waals surface area contributed by atoms with Crippen LogP contribution in [-0.4, -0.2) is 47.4 Å². The van der Waals surface area contributed by atoms with Crippen molar-refractivity contribution in [2.75, 3.05) is 13.2 Å². The summed E-state index contributed by atoms with van der Waals surface area (Å²) < 4.78 is 5.46. The average Bonchev–Trinajstić information content (AvgIpc) is 3.28. The van der Waals surface area contributed by atoms with Gasteiger partial charge in [0.05, 0.1) is 25.4 Å². The van der Waals surface area contributed by atoms with Gasteiger partial charge < -0.3 is 20.3 Å². The van der Waals surface area contributed by atoms with Crippen LogP contribution in [0.2, 0.25) is 0 Å². The Bertz CT molecular complexity index is 1020. The number of rotatable bonds is 51. The zero-order chi connectivity index (χ0) is 45.8. The number of nitrogens with one attached hydrogen (secondary N) is 1. The standard InChI is InChI=1S/C57H107NO5/c1-3-5-7-9-11-13-15-17-22-27-31-35-39-43-47-51-57(62)63-52-48-44-40-36-32-28-24-21-19-20-23-26-30-34-38-42-46-50-56(61)58-54(53-59)55(60)49-45-41-37-33-29-25-18-16-14-12-10-8-6-4-2/h17,19,21-22,45,49,54-55,59-60H,3-16,18,20,23-44,46-48,50-53H2,1-2H3,(H,58,61)/b21-19-,22-17-,49-45+. The zero-order valence-corrected chi connectivity index (χ0v) is 42.1. The lowest BCUT2D eigenvalue weighted by Crippen LogP contribution is -2.45. The first kappa shape index (κ1) is 61.1. The molecule has 0 aliphatic heterocycles. The Labute approximate surface area is 392 Å². The lowest BCUT2D eigenvalue weighted by atomic mass is 10.0. The number of carbonyl (C=O) groups is 2. The summed E-state index contributed by atoms with van der Waals surface area (Å²) in [5.74, 6) is -0.0915. The van der Waals surface area contributed by atoms with Gasteiger partial charge in [0.2, 0.25) is 5.91 Å². The van der Waals surface area contributed by atoms with Crippen molar-refractivity contribution >= 4 is 11.9 Å². The molecule has 0 radical (unpaired) electrons. The van der Waals surface area contributed by atoms with Gasteiger partial charge in [-0.25, -0.2) is 0 Å². The molecule has 0 bridgehead atoms. The molecule has 6 heteroatoms. The highest BCUT2D eigenvalue weighted by Gasteiger charge is 2.18. The average molecular weight is 886 g/mol. The largest absolute Gasteiger partial charge is 0.466 e. The molecule has 0 aromatic heterocycles. The molecule has 0 aromatic rings. The zero-order valence-electron chi connectivity index (χ0n) is 42.1. The quantitative estimate of drug-likeness (QED) is 0.0321. The molecule has 0 heterocycles. The predicted octanol–water partition coefficient (Wildman–Crippen LogP) is 16.9. The second-order valence-corrected chi connectivity index (χ2v) is 18.9. The van der Waals surface area contributed by atoms with E-state index in [2.05, 4.69) is 43.5 Å². The van der Waals surface area contributed by atoms with E-state index >= 15 is 0 Å². The summed E-state index contributed by atoms with van der Waals surface area (Å²) in [7, 11) is 0. The summed E-state index contributed by atoms with van der Waals surface area (Å²) in [5, 5.41) is 23.1. The summed E-state index contributed by atoms with van der Waals surface area (Å²) >= 11 is 0. The lowest BCUT2D eigenvalue weighted by molar-refractivity contribution is -0.143. The molecule has 0 aliphatic carbocycles. The first-order valence-electron chi connectivity index (χ1n) is 27.8. The Morgan fingerprint density at radius 2 is 0.746 bits per heavy atom. The Morgan fingerprint density at radius 1 is 0.429 bits per heavy atom. The minimum atomic E-state index is -0.852. The molecule has 0 saturated carbocycles. The van der Waals surface area contributed by atoms with Crippen molar-refractivity contribution in [3.8, 4) is 0 Å². The number of allylic oxidation sites excluding steroid dienone is 5. The molecule has 0 saturated heterocycles. The van der Waals surface area contributed by atoms with Crippen LogP contribution in [-0.2, 0) is 14.3 Å². The number of esters is 1. The van der Waals surface area contributed by atoms with Gasteiger partial charge in [0.25, 0.3) is 0 Å². The third-order valence-electron chi connectivity index (χ3n) is 12.6. The second kappa shape index (κ2) is 52.7. The molecule has 370 valence electrons. The lowest BCUT2D eigenvalue weighted by Gasteiger charge is -2.20. The van der Waals surface area contributed by atoms with Gasteiger partial charge in [0.15, 0.2) is 0 Å². The topological polar surface area (TPSA) is 95.9 Å². The fourth-order valence-electron chi connectivity index (χ4n) is 8.33. The maximum Gasteiger partial charge on any atom is 0.305 e. The van der Waals surface area contributed by atoms with E-state index < -0.39 is 12.1 Å². The molecule has 1 amide bonds. The van der Waals surface area contributed by atoms with Crippen LogP contribution >= 0.6 is 0 Å². The third-order valence-corrected chi connectivity index (χ3v) is 12.6. The second-order valence-electron chi connectivity index (χ2n) is 18.9. The van der Waals surface area contributed by atoms with Gasteiger partial charge in [-0.2, -0.15) is 0 Å². The highest BCUT2D eigenvalue weighted by Crippen LogP contribution is 2.15. The first-order chi connectivity index (χ1) is 31.0. The van der Waals surface area contributed by atoms with E-state index in [9.17, 15) is 19.8 Å². The third kappa shape index (κ3) is 49.4. The normalized spacial score (nSPS) is 12.9. The molecule has 0 rings (SSSR count). The fraction of sp³-hybridized carbons (Fsp3) is 0.860. The summed E-state index contributed by atoms with van der Waals surface area (Å²) in [6.45, 7) is 4.87. The highest BCUT2D eigenvalue weighted by molar-refractivity contribution is 5.76. The van der Waals surface area contributed by atoms with Crippen LogP contribution in [0.3, 0.4) is 0 Å². The summed E-state index contributed by atoms with van der Waals surface area (Å²) in [4.78, 5) is 24.5. The monoisotopic (exact) mass is 886 g/mol. The van der Waals surface area contributed by atoms with E-state index in [0.717, 1.165) is 57.8 Å². The number of hydrogen-bond acceptors (Lipinski definition) is 5. The number of ether oxygens (including phenoxy) is 1. The van der Waals surface area contributed by atoms with Crippen molar-refractivity contribution in [2.24, 2.45) is 0 Å². The number of hydrogen-bond donors (Lipinski definition) is 3. The Morgan fingerprint density at radius 3 is 1.13 bits per heavy atom. The highest BCUT2D eigenvalue weighted by atomic mass is 16.5. The molecule has 6 nitrogen and oxygen atoms in total. The van der Waals surface area contributed by atoms with Crippen LogP contribution in [0, 0.1) is 0 Å². The molecule has 63 heavy (non-hydrogen) atoms. The fourth-order valence-corrected chi connectivity index (χ4v) is 8.33. The van der Waals surface area contributed by atoms with Crippen LogP contribution in [0.4, 0.5) is 0 Å². The van der Waals surface area contributed by atoms with E-state index in [1.165, 1.54) is 205 Å². The van der Waals surface area contributed by atoms with Crippen LogP contribution < -0.4 is 5.32 Å². The maximum absolute atomic E-state index is 12.4. The van der Waals surface area contributed by atoms with Crippen molar-refractivity contribution in [2.45, 2.75) is 302 Å². The van der Waals surface area contributed by atoms with Crippen LogP contribution in [0.15, 0.2) is 36.5 Å².